The van der Waals surface area contributed by atoms with Crippen molar-refractivity contribution in [3.8, 4) is 0 Å². The molecule has 2 aromatic heterocycles. The van der Waals surface area contributed by atoms with E-state index < -0.39 is 5.97 Å². The molecule has 0 amide bonds. The fraction of sp³-hybridized carbons (Fsp3) is 0. The van der Waals surface area contributed by atoms with Crippen LogP contribution in [0.2, 0.25) is 10.0 Å². The van der Waals surface area contributed by atoms with E-state index in [-0.39, 0.29) is 0 Å². The molecule has 106 valence electrons. The number of hydrogen-bond acceptors (Lipinski definition) is 4. The summed E-state index contributed by atoms with van der Waals surface area (Å²) in [7, 11) is 0. The van der Waals surface area contributed by atoms with Crippen molar-refractivity contribution in [2.45, 2.75) is 9.79 Å². The first-order chi connectivity index (χ1) is 10.0. The maximum Gasteiger partial charge on any atom is 0.345 e. The first kappa shape index (κ1) is 14.7. The molecule has 2 heterocycles. The number of thiophene rings is 1. The van der Waals surface area contributed by atoms with Crippen LogP contribution in [0.15, 0.2) is 46.5 Å². The highest BCUT2D eigenvalue weighted by atomic mass is 35.5. The predicted octanol–water partition coefficient (Wildman–Crippen LogP) is 5.45. The largest absolute Gasteiger partial charge is 0.477 e. The molecular formula is C14H7Cl2NO2S2. The number of fused-ring (bicyclic) bond motifs is 1. The molecule has 21 heavy (non-hydrogen) atoms. The van der Waals surface area contributed by atoms with Gasteiger partial charge in [0, 0.05) is 27.6 Å². The van der Waals surface area contributed by atoms with Crippen LogP contribution < -0.4 is 0 Å². The second kappa shape index (κ2) is 5.85. The summed E-state index contributed by atoms with van der Waals surface area (Å²) >= 11 is 14.6. The zero-order valence-corrected chi connectivity index (χ0v) is 13.5. The average molecular weight is 356 g/mol. The lowest BCUT2D eigenvalue weighted by atomic mass is 10.3. The van der Waals surface area contributed by atoms with E-state index in [0.717, 1.165) is 19.9 Å². The molecule has 3 rings (SSSR count). The molecule has 1 N–H and O–H groups in total. The van der Waals surface area contributed by atoms with Gasteiger partial charge in [0.25, 0.3) is 0 Å². The Hall–Kier alpha value is -1.27. The fourth-order valence-corrected chi connectivity index (χ4v) is 4.07. The normalized spacial score (nSPS) is 11.0. The minimum absolute atomic E-state index is 0.300. The zero-order valence-electron chi connectivity index (χ0n) is 10.3. The monoisotopic (exact) mass is 355 g/mol. The van der Waals surface area contributed by atoms with Crippen LogP contribution in [-0.4, -0.2) is 16.1 Å². The molecule has 1 aromatic carbocycles. The van der Waals surface area contributed by atoms with Gasteiger partial charge in [-0.2, -0.15) is 0 Å². The zero-order chi connectivity index (χ0) is 15.0. The molecule has 0 aliphatic rings. The molecule has 0 unspecified atom stereocenters. The molecule has 0 atom stereocenters. The Kier molecular flexibility index (Phi) is 4.08. The summed E-state index contributed by atoms with van der Waals surface area (Å²) in [5.41, 5.74) is 0. The van der Waals surface area contributed by atoms with Gasteiger partial charge in [0.1, 0.15) is 4.88 Å². The van der Waals surface area contributed by atoms with E-state index in [0.29, 0.717) is 14.9 Å². The molecule has 0 radical (unpaired) electrons. The third-order valence-corrected chi connectivity index (χ3v) is 5.57. The van der Waals surface area contributed by atoms with E-state index in [1.807, 2.05) is 6.07 Å². The quantitative estimate of drug-likeness (QED) is 0.678. The number of hydrogen-bond donors (Lipinski definition) is 1. The molecule has 0 saturated heterocycles. The smallest absolute Gasteiger partial charge is 0.345 e. The van der Waals surface area contributed by atoms with Gasteiger partial charge in [-0.3, -0.25) is 4.98 Å². The van der Waals surface area contributed by atoms with Crippen LogP contribution >= 0.6 is 46.3 Å². The molecule has 0 fully saturated rings. The van der Waals surface area contributed by atoms with Crippen LogP contribution in [0.4, 0.5) is 0 Å². The lowest BCUT2D eigenvalue weighted by Crippen LogP contribution is -1.89. The van der Waals surface area contributed by atoms with Crippen LogP contribution in [0.3, 0.4) is 0 Å². The number of rotatable bonds is 3. The van der Waals surface area contributed by atoms with Gasteiger partial charge < -0.3 is 5.11 Å². The van der Waals surface area contributed by atoms with E-state index in [4.69, 9.17) is 28.3 Å². The summed E-state index contributed by atoms with van der Waals surface area (Å²) in [6.07, 6.45) is 3.39. The lowest BCUT2D eigenvalue weighted by molar-refractivity contribution is 0.0702. The Morgan fingerprint density at radius 3 is 2.71 bits per heavy atom. The van der Waals surface area contributed by atoms with Crippen molar-refractivity contribution in [3.63, 3.8) is 0 Å². The Bertz CT molecular complexity index is 848. The van der Waals surface area contributed by atoms with Crippen molar-refractivity contribution in [1.29, 1.82) is 0 Å². The third kappa shape index (κ3) is 3.01. The van der Waals surface area contributed by atoms with E-state index >= 15 is 0 Å². The SMILES string of the molecule is O=C(O)c1cc2c(Sc3ccc(Cl)c(Cl)c3)cncc2s1. The minimum Gasteiger partial charge on any atom is -0.477 e. The van der Waals surface area contributed by atoms with Crippen molar-refractivity contribution < 1.29 is 9.90 Å². The summed E-state index contributed by atoms with van der Waals surface area (Å²) in [4.78, 5) is 17.3. The maximum atomic E-state index is 11.1. The topological polar surface area (TPSA) is 50.2 Å². The van der Waals surface area contributed by atoms with E-state index in [2.05, 4.69) is 4.98 Å². The third-order valence-electron chi connectivity index (χ3n) is 2.74. The first-order valence-electron chi connectivity index (χ1n) is 5.78. The second-order valence-corrected chi connectivity index (χ2v) is 7.16. The van der Waals surface area contributed by atoms with E-state index in [1.54, 1.807) is 30.6 Å². The Labute approximate surface area is 138 Å². The number of aromatic nitrogens is 1. The van der Waals surface area contributed by atoms with Crippen LogP contribution in [0.25, 0.3) is 10.1 Å². The molecule has 7 heteroatoms. The number of carbonyl (C=O) groups is 1. The highest BCUT2D eigenvalue weighted by Crippen LogP contribution is 2.38. The molecule has 0 saturated carbocycles. The second-order valence-electron chi connectivity index (χ2n) is 4.14. The number of halogens is 2. The summed E-state index contributed by atoms with van der Waals surface area (Å²) in [6.45, 7) is 0. The Balaban J connectivity index is 2.03. The van der Waals surface area contributed by atoms with Crippen molar-refractivity contribution in [2.75, 3.05) is 0 Å². The van der Waals surface area contributed by atoms with Crippen LogP contribution in [-0.2, 0) is 0 Å². The standard InChI is InChI=1S/C14H7Cl2NO2S2/c15-9-2-1-7(3-10(9)16)20-12-5-17-6-13-8(12)4-11(21-13)14(18)19/h1-6H,(H,18,19). The average Bonchev–Trinajstić information content (AvgIpc) is 2.88. The number of aromatic carboxylic acids is 1. The molecule has 0 spiro atoms. The van der Waals surface area contributed by atoms with Gasteiger partial charge >= 0.3 is 5.97 Å². The maximum absolute atomic E-state index is 11.1. The van der Waals surface area contributed by atoms with Crippen LogP contribution in [0.5, 0.6) is 0 Å². The first-order valence-corrected chi connectivity index (χ1v) is 8.17. The summed E-state index contributed by atoms with van der Waals surface area (Å²) in [6, 6.07) is 7.04. The Morgan fingerprint density at radius 1 is 1.19 bits per heavy atom. The molecular weight excluding hydrogens is 349 g/mol. The highest BCUT2D eigenvalue weighted by molar-refractivity contribution is 7.99. The van der Waals surface area contributed by atoms with Crippen molar-refractivity contribution in [2.24, 2.45) is 0 Å². The van der Waals surface area contributed by atoms with E-state index in [1.165, 1.54) is 23.1 Å². The van der Waals surface area contributed by atoms with Gasteiger partial charge in [-0.05, 0) is 24.3 Å². The van der Waals surface area contributed by atoms with Crippen molar-refractivity contribution in [1.82, 2.24) is 4.98 Å². The molecule has 0 bridgehead atoms. The summed E-state index contributed by atoms with van der Waals surface area (Å²) in [5.74, 6) is -0.929. The minimum atomic E-state index is -0.929. The number of benzene rings is 1. The number of pyridine rings is 1. The van der Waals surface area contributed by atoms with Gasteiger partial charge in [0.15, 0.2) is 0 Å². The Morgan fingerprint density at radius 2 is 2.00 bits per heavy atom. The summed E-state index contributed by atoms with van der Waals surface area (Å²) in [5, 5.41) is 10.9. The van der Waals surface area contributed by atoms with Crippen LogP contribution in [0.1, 0.15) is 9.67 Å². The number of carboxylic acids is 1. The lowest BCUT2D eigenvalue weighted by Gasteiger charge is -2.04. The van der Waals surface area contributed by atoms with Gasteiger partial charge in [0.2, 0.25) is 0 Å². The highest BCUT2D eigenvalue weighted by Gasteiger charge is 2.12. The molecule has 3 nitrogen and oxygen atoms in total. The number of carboxylic acid groups (broad SMARTS) is 1. The van der Waals surface area contributed by atoms with Crippen molar-refractivity contribution in [3.05, 3.63) is 51.6 Å². The van der Waals surface area contributed by atoms with Crippen molar-refractivity contribution >= 4 is 62.4 Å². The van der Waals surface area contributed by atoms with Crippen LogP contribution in [0, 0.1) is 0 Å². The fourth-order valence-electron chi connectivity index (χ4n) is 1.79. The molecule has 0 aliphatic carbocycles. The molecule has 0 aliphatic heterocycles. The summed E-state index contributed by atoms with van der Waals surface area (Å²) < 4.78 is 0.845. The van der Waals surface area contributed by atoms with E-state index in [9.17, 15) is 4.79 Å². The van der Waals surface area contributed by atoms with Gasteiger partial charge in [-0.1, -0.05) is 35.0 Å². The predicted molar refractivity (Wildman–Crippen MR) is 87.2 cm³/mol. The molecule has 3 aromatic rings. The van der Waals surface area contributed by atoms with Gasteiger partial charge in [-0.25, -0.2) is 4.79 Å². The van der Waals surface area contributed by atoms with Gasteiger partial charge in [0.05, 0.1) is 14.7 Å². The van der Waals surface area contributed by atoms with Gasteiger partial charge in [-0.15, -0.1) is 11.3 Å². The number of nitrogens with zero attached hydrogens (tertiary/aromatic N) is 1.